The summed E-state index contributed by atoms with van der Waals surface area (Å²) < 4.78 is 5.94. The molecule has 3 aromatic rings. The van der Waals surface area contributed by atoms with E-state index in [9.17, 15) is 4.79 Å². The Morgan fingerprint density at radius 1 is 1.15 bits per heavy atom. The molecule has 0 aliphatic carbocycles. The molecule has 5 nitrogen and oxygen atoms in total. The van der Waals surface area contributed by atoms with E-state index in [2.05, 4.69) is 37.7 Å². The van der Waals surface area contributed by atoms with Crippen LogP contribution in [0.2, 0.25) is 0 Å². The molecule has 2 heterocycles. The van der Waals surface area contributed by atoms with E-state index < -0.39 is 0 Å². The van der Waals surface area contributed by atoms with Crippen molar-refractivity contribution in [3.63, 3.8) is 0 Å². The fourth-order valence-electron chi connectivity index (χ4n) is 3.13. The van der Waals surface area contributed by atoms with Gasteiger partial charge in [-0.15, -0.1) is 0 Å². The monoisotopic (exact) mass is 371 g/mol. The number of hydrogen-bond acceptors (Lipinski definition) is 5. The average Bonchev–Trinajstić information content (AvgIpc) is 3.05. The molecule has 2 aromatic heterocycles. The number of carbonyl (C=O) groups excluding carboxylic acids is 1. The van der Waals surface area contributed by atoms with Crippen LogP contribution in [0.5, 0.6) is 0 Å². The Balaban J connectivity index is 1.84. The number of aromatic nitrogens is 2. The maximum absolute atomic E-state index is 12.9. The molecule has 138 valence electrons. The first-order valence-corrected chi connectivity index (χ1v) is 10.1. The van der Waals surface area contributed by atoms with Gasteiger partial charge in [0.25, 0.3) is 0 Å². The second-order valence-corrected chi connectivity index (χ2v) is 7.52. The molecule has 0 saturated carbocycles. The summed E-state index contributed by atoms with van der Waals surface area (Å²) in [6, 6.07) is 8.27. The standard InChI is InChI=1S/C20H25N3O2S/c1-5-13(3)23(14(4)6-2)17(24)11-26-20-19-18(21-12-22-20)15-9-7-8-10-16(15)25-19/h7-10,12-14H,5-6,11H2,1-4H3/t13-,14+. The second kappa shape index (κ2) is 8.08. The van der Waals surface area contributed by atoms with E-state index in [1.54, 1.807) is 0 Å². The van der Waals surface area contributed by atoms with Gasteiger partial charge in [-0.1, -0.05) is 37.7 Å². The minimum Gasteiger partial charge on any atom is -0.451 e. The molecule has 0 radical (unpaired) electrons. The third kappa shape index (κ3) is 3.56. The van der Waals surface area contributed by atoms with Crippen molar-refractivity contribution in [1.82, 2.24) is 14.9 Å². The van der Waals surface area contributed by atoms with Crippen molar-refractivity contribution in [2.75, 3.05) is 5.75 Å². The molecule has 0 saturated heterocycles. The Morgan fingerprint density at radius 3 is 2.54 bits per heavy atom. The summed E-state index contributed by atoms with van der Waals surface area (Å²) in [5.74, 6) is 0.485. The molecule has 0 spiro atoms. The first-order valence-electron chi connectivity index (χ1n) is 9.13. The van der Waals surface area contributed by atoms with E-state index in [0.717, 1.165) is 29.3 Å². The zero-order valence-electron chi connectivity index (χ0n) is 15.7. The van der Waals surface area contributed by atoms with Crippen LogP contribution in [0.4, 0.5) is 0 Å². The van der Waals surface area contributed by atoms with E-state index in [1.165, 1.54) is 18.1 Å². The lowest BCUT2D eigenvalue weighted by Gasteiger charge is -2.34. The highest BCUT2D eigenvalue weighted by atomic mass is 32.2. The number of furan rings is 1. The quantitative estimate of drug-likeness (QED) is 0.437. The third-order valence-corrected chi connectivity index (χ3v) is 5.83. The summed E-state index contributed by atoms with van der Waals surface area (Å²) in [6.07, 6.45) is 3.43. The van der Waals surface area contributed by atoms with Gasteiger partial charge in [0.1, 0.15) is 22.5 Å². The van der Waals surface area contributed by atoms with Gasteiger partial charge in [-0.05, 0) is 38.8 Å². The van der Waals surface area contributed by atoms with Crippen molar-refractivity contribution in [3.05, 3.63) is 30.6 Å². The first kappa shape index (κ1) is 18.7. The molecule has 0 bridgehead atoms. The molecule has 1 amide bonds. The average molecular weight is 372 g/mol. The third-order valence-electron chi connectivity index (χ3n) is 4.88. The number of hydrogen-bond donors (Lipinski definition) is 0. The number of amides is 1. The van der Waals surface area contributed by atoms with Gasteiger partial charge >= 0.3 is 0 Å². The lowest BCUT2D eigenvalue weighted by molar-refractivity contribution is -0.132. The van der Waals surface area contributed by atoms with Crippen molar-refractivity contribution >= 4 is 39.7 Å². The van der Waals surface area contributed by atoms with E-state index in [1.807, 2.05) is 29.2 Å². The van der Waals surface area contributed by atoms with Crippen LogP contribution in [-0.4, -0.2) is 38.6 Å². The zero-order valence-corrected chi connectivity index (χ0v) is 16.5. The summed E-state index contributed by atoms with van der Waals surface area (Å²) in [6.45, 7) is 8.44. The van der Waals surface area contributed by atoms with Crippen LogP contribution in [0.25, 0.3) is 22.1 Å². The molecule has 1 aromatic carbocycles. The van der Waals surface area contributed by atoms with Gasteiger partial charge in [-0.25, -0.2) is 9.97 Å². The minimum absolute atomic E-state index is 0.140. The molecule has 0 unspecified atom stereocenters. The van der Waals surface area contributed by atoms with Crippen molar-refractivity contribution in [3.8, 4) is 0 Å². The van der Waals surface area contributed by atoms with Crippen molar-refractivity contribution in [2.45, 2.75) is 57.6 Å². The number of fused-ring (bicyclic) bond motifs is 3. The Kier molecular flexibility index (Phi) is 5.81. The Hall–Kier alpha value is -2.08. The predicted octanol–water partition coefficient (Wildman–Crippen LogP) is 4.89. The fourth-order valence-corrected chi connectivity index (χ4v) is 3.93. The van der Waals surface area contributed by atoms with Crippen LogP contribution in [-0.2, 0) is 4.79 Å². The minimum atomic E-state index is 0.140. The first-order chi connectivity index (χ1) is 12.6. The predicted molar refractivity (Wildman–Crippen MR) is 106 cm³/mol. The molecule has 0 fully saturated rings. The molecule has 3 rings (SSSR count). The second-order valence-electron chi connectivity index (χ2n) is 6.56. The molecule has 0 N–H and O–H groups in total. The lowest BCUT2D eigenvalue weighted by atomic mass is 10.1. The van der Waals surface area contributed by atoms with Crippen LogP contribution in [0, 0.1) is 0 Å². The van der Waals surface area contributed by atoms with Crippen molar-refractivity contribution in [1.29, 1.82) is 0 Å². The molecule has 2 atom stereocenters. The molecule has 6 heteroatoms. The van der Waals surface area contributed by atoms with Crippen LogP contribution in [0.1, 0.15) is 40.5 Å². The number of nitrogens with zero attached hydrogens (tertiary/aromatic N) is 3. The fraction of sp³-hybridized carbons (Fsp3) is 0.450. The molecule has 26 heavy (non-hydrogen) atoms. The molecule has 0 aliphatic heterocycles. The Labute approximate surface area is 158 Å². The summed E-state index contributed by atoms with van der Waals surface area (Å²) in [4.78, 5) is 23.6. The van der Waals surface area contributed by atoms with E-state index in [4.69, 9.17) is 4.42 Å². The summed E-state index contributed by atoms with van der Waals surface area (Å²) in [5.41, 5.74) is 2.24. The van der Waals surface area contributed by atoms with Gasteiger partial charge in [0.2, 0.25) is 5.91 Å². The summed E-state index contributed by atoms with van der Waals surface area (Å²) >= 11 is 1.42. The van der Waals surface area contributed by atoms with Gasteiger partial charge in [-0.2, -0.15) is 0 Å². The van der Waals surface area contributed by atoms with Crippen LogP contribution in [0.15, 0.2) is 40.0 Å². The number of rotatable bonds is 7. The normalized spacial score (nSPS) is 13.8. The van der Waals surface area contributed by atoms with Gasteiger partial charge in [-0.3, -0.25) is 4.79 Å². The number of benzene rings is 1. The van der Waals surface area contributed by atoms with E-state index in [-0.39, 0.29) is 18.0 Å². The summed E-state index contributed by atoms with van der Waals surface area (Å²) in [7, 11) is 0. The zero-order chi connectivity index (χ0) is 18.7. The number of para-hydroxylation sites is 1. The van der Waals surface area contributed by atoms with E-state index in [0.29, 0.717) is 16.4 Å². The lowest BCUT2D eigenvalue weighted by Crippen LogP contribution is -2.45. The Morgan fingerprint density at radius 2 is 1.85 bits per heavy atom. The van der Waals surface area contributed by atoms with Gasteiger partial charge in [0.15, 0.2) is 5.58 Å². The highest BCUT2D eigenvalue weighted by Gasteiger charge is 2.24. The maximum Gasteiger partial charge on any atom is 0.233 e. The number of thioether (sulfide) groups is 1. The topological polar surface area (TPSA) is 59.2 Å². The van der Waals surface area contributed by atoms with Gasteiger partial charge in [0, 0.05) is 17.5 Å². The van der Waals surface area contributed by atoms with Crippen LogP contribution >= 0.6 is 11.8 Å². The van der Waals surface area contributed by atoms with E-state index >= 15 is 0 Å². The summed E-state index contributed by atoms with van der Waals surface area (Å²) in [5, 5.41) is 1.69. The highest BCUT2D eigenvalue weighted by molar-refractivity contribution is 8.00. The molecule has 0 aliphatic rings. The van der Waals surface area contributed by atoms with Crippen molar-refractivity contribution in [2.24, 2.45) is 0 Å². The van der Waals surface area contributed by atoms with Crippen LogP contribution < -0.4 is 0 Å². The maximum atomic E-state index is 12.9. The number of carbonyl (C=O) groups is 1. The Bertz CT molecular complexity index is 898. The molecular weight excluding hydrogens is 346 g/mol. The SMILES string of the molecule is CC[C@@H](C)N(C(=O)CSc1ncnc2c1oc1ccccc12)[C@@H](C)CC. The highest BCUT2D eigenvalue weighted by Crippen LogP contribution is 2.32. The smallest absolute Gasteiger partial charge is 0.233 e. The van der Waals surface area contributed by atoms with Crippen LogP contribution in [0.3, 0.4) is 0 Å². The molecular formula is C20H25N3O2S. The van der Waals surface area contributed by atoms with Crippen molar-refractivity contribution < 1.29 is 9.21 Å². The van der Waals surface area contributed by atoms with Gasteiger partial charge < -0.3 is 9.32 Å². The largest absolute Gasteiger partial charge is 0.451 e. The van der Waals surface area contributed by atoms with Gasteiger partial charge in [0.05, 0.1) is 5.75 Å².